The van der Waals surface area contributed by atoms with Crippen molar-refractivity contribution >= 4 is 32.5 Å². The molecule has 0 aliphatic rings. The number of aromatic amines is 1. The molecule has 2 aromatic carbocycles. The fourth-order valence-electron chi connectivity index (χ4n) is 2.91. The lowest BCUT2D eigenvalue weighted by Crippen LogP contribution is -2.25. The number of hydrogen-bond acceptors (Lipinski definition) is 4. The smallest absolute Gasteiger partial charge is 0.240 e. The van der Waals surface area contributed by atoms with E-state index in [1.54, 1.807) is 24.3 Å². The van der Waals surface area contributed by atoms with E-state index in [0.29, 0.717) is 36.9 Å². The van der Waals surface area contributed by atoms with E-state index in [9.17, 15) is 8.42 Å². The van der Waals surface area contributed by atoms with Crippen molar-refractivity contribution in [1.82, 2.24) is 9.71 Å². The van der Waals surface area contributed by atoms with E-state index in [-0.39, 0.29) is 4.90 Å². The zero-order chi connectivity index (χ0) is 20.0. The zero-order valence-electron chi connectivity index (χ0n) is 15.4. The number of ether oxygens (including phenoxy) is 1. The predicted molar refractivity (Wildman–Crippen MR) is 112 cm³/mol. The lowest BCUT2D eigenvalue weighted by atomic mass is 10.1. The molecule has 6 nitrogen and oxygen atoms in total. The first-order valence-corrected chi connectivity index (χ1v) is 11.0. The Morgan fingerprint density at radius 2 is 1.89 bits per heavy atom. The molecule has 8 heteroatoms. The molecule has 3 aromatic rings. The summed E-state index contributed by atoms with van der Waals surface area (Å²) in [6.45, 7) is 1.42. The molecule has 150 valence electrons. The second kappa shape index (κ2) is 9.43. The largest absolute Gasteiger partial charge is 0.494 e. The molecule has 0 aliphatic carbocycles. The molecule has 0 bridgehead atoms. The minimum Gasteiger partial charge on any atom is -0.494 e. The maximum absolute atomic E-state index is 12.4. The van der Waals surface area contributed by atoms with Gasteiger partial charge in [-0.15, -0.1) is 0 Å². The van der Waals surface area contributed by atoms with Gasteiger partial charge in [0.25, 0.3) is 0 Å². The summed E-state index contributed by atoms with van der Waals surface area (Å²) < 4.78 is 33.0. The molecule has 0 fully saturated rings. The number of aromatic nitrogens is 1. The summed E-state index contributed by atoms with van der Waals surface area (Å²) in [5, 5.41) is 1.75. The van der Waals surface area contributed by atoms with Gasteiger partial charge < -0.3 is 15.5 Å². The van der Waals surface area contributed by atoms with Gasteiger partial charge in [-0.05, 0) is 73.8 Å². The third kappa shape index (κ3) is 5.26. The highest BCUT2D eigenvalue weighted by Crippen LogP contribution is 2.23. The molecule has 0 aliphatic heterocycles. The maximum atomic E-state index is 12.4. The monoisotopic (exact) mass is 421 g/mol. The van der Waals surface area contributed by atoms with E-state index in [2.05, 4.69) is 9.71 Å². The van der Waals surface area contributed by atoms with E-state index in [4.69, 9.17) is 22.1 Å². The van der Waals surface area contributed by atoms with E-state index >= 15 is 0 Å². The summed E-state index contributed by atoms with van der Waals surface area (Å²) in [4.78, 5) is 3.43. The molecule has 0 saturated carbocycles. The fraction of sp³-hybridized carbons (Fsp3) is 0.300. The van der Waals surface area contributed by atoms with Crippen molar-refractivity contribution in [1.29, 1.82) is 0 Å². The number of benzene rings is 2. The Morgan fingerprint density at radius 3 is 2.64 bits per heavy atom. The molecule has 1 aromatic heterocycles. The Bertz CT molecular complexity index is 1020. The molecule has 4 N–H and O–H groups in total. The van der Waals surface area contributed by atoms with E-state index in [1.807, 2.05) is 24.4 Å². The number of sulfonamides is 1. The van der Waals surface area contributed by atoms with Crippen molar-refractivity contribution in [3.8, 4) is 5.75 Å². The van der Waals surface area contributed by atoms with Crippen LogP contribution >= 0.6 is 11.6 Å². The van der Waals surface area contributed by atoms with Crippen LogP contribution in [0.25, 0.3) is 10.9 Å². The topological polar surface area (TPSA) is 97.2 Å². The molecule has 0 unspecified atom stereocenters. The number of hydrogen-bond donors (Lipinski definition) is 3. The van der Waals surface area contributed by atoms with Crippen LogP contribution in [0.3, 0.4) is 0 Å². The standard InChI is InChI=1S/C20H24ClN3O3S/c21-16-4-9-20-19(13-16)15(14-23-20)3-1-11-24-28(25,26)18-7-5-17(6-8-18)27-12-2-10-22/h4-9,13-14,23-24H,1-3,10-12,22H2. The van der Waals surface area contributed by atoms with E-state index in [0.717, 1.165) is 29.3 Å². The Morgan fingerprint density at radius 1 is 1.11 bits per heavy atom. The van der Waals surface area contributed by atoms with Crippen LogP contribution in [0.5, 0.6) is 5.75 Å². The number of H-pyrrole nitrogens is 1. The first kappa shape index (κ1) is 20.7. The molecular formula is C20H24ClN3O3S. The lowest BCUT2D eigenvalue weighted by Gasteiger charge is -2.09. The first-order valence-electron chi connectivity index (χ1n) is 9.18. The van der Waals surface area contributed by atoms with Crippen molar-refractivity contribution in [2.45, 2.75) is 24.2 Å². The van der Waals surface area contributed by atoms with Gasteiger partial charge in [0, 0.05) is 28.7 Å². The number of halogens is 1. The van der Waals surface area contributed by atoms with Crippen LogP contribution < -0.4 is 15.2 Å². The third-order valence-corrected chi connectivity index (χ3v) is 6.11. The van der Waals surface area contributed by atoms with Gasteiger partial charge in [-0.3, -0.25) is 0 Å². The predicted octanol–water partition coefficient (Wildman–Crippen LogP) is 3.46. The molecule has 0 atom stereocenters. The van der Waals surface area contributed by atoms with Gasteiger partial charge >= 0.3 is 0 Å². The third-order valence-electron chi connectivity index (χ3n) is 4.40. The maximum Gasteiger partial charge on any atom is 0.240 e. The average Bonchev–Trinajstić information content (AvgIpc) is 3.08. The Hall–Kier alpha value is -2.06. The summed E-state index contributed by atoms with van der Waals surface area (Å²) in [6, 6.07) is 12.1. The van der Waals surface area contributed by atoms with Gasteiger partial charge in [-0.2, -0.15) is 0 Å². The van der Waals surface area contributed by atoms with Crippen LogP contribution in [-0.4, -0.2) is 33.1 Å². The van der Waals surface area contributed by atoms with Crippen LogP contribution in [0.2, 0.25) is 5.02 Å². The molecule has 0 saturated heterocycles. The van der Waals surface area contributed by atoms with E-state index < -0.39 is 10.0 Å². The van der Waals surface area contributed by atoms with Crippen molar-refractivity contribution in [3.05, 3.63) is 59.2 Å². The molecular weight excluding hydrogens is 398 g/mol. The first-order chi connectivity index (χ1) is 13.5. The summed E-state index contributed by atoms with van der Waals surface area (Å²) in [5.41, 5.74) is 7.56. The van der Waals surface area contributed by atoms with Gasteiger partial charge in [-0.25, -0.2) is 13.1 Å². The normalized spacial score (nSPS) is 11.8. The Kier molecular flexibility index (Phi) is 6.96. The second-order valence-corrected chi connectivity index (χ2v) is 8.67. The van der Waals surface area contributed by atoms with Crippen molar-refractivity contribution in [2.24, 2.45) is 5.73 Å². The number of nitrogens with one attached hydrogen (secondary N) is 2. The fourth-order valence-corrected chi connectivity index (χ4v) is 4.16. The summed E-state index contributed by atoms with van der Waals surface area (Å²) in [7, 11) is -3.55. The quantitative estimate of drug-likeness (QED) is 0.436. The molecule has 0 amide bonds. The summed E-state index contributed by atoms with van der Waals surface area (Å²) in [6.07, 6.45) is 4.12. The highest BCUT2D eigenvalue weighted by Gasteiger charge is 2.13. The van der Waals surface area contributed by atoms with Crippen LogP contribution in [0.1, 0.15) is 18.4 Å². The Labute approximate surface area is 170 Å². The van der Waals surface area contributed by atoms with Crippen molar-refractivity contribution in [3.63, 3.8) is 0 Å². The molecule has 3 rings (SSSR count). The van der Waals surface area contributed by atoms with Gasteiger partial charge in [0.2, 0.25) is 10.0 Å². The molecule has 28 heavy (non-hydrogen) atoms. The van der Waals surface area contributed by atoms with E-state index in [1.165, 1.54) is 0 Å². The van der Waals surface area contributed by atoms with Crippen LogP contribution in [-0.2, 0) is 16.4 Å². The minimum absolute atomic E-state index is 0.220. The van der Waals surface area contributed by atoms with Gasteiger partial charge in [0.1, 0.15) is 5.75 Å². The number of aryl methyl sites for hydroxylation is 1. The highest BCUT2D eigenvalue weighted by atomic mass is 35.5. The van der Waals surface area contributed by atoms with Crippen LogP contribution in [0.15, 0.2) is 53.6 Å². The number of fused-ring (bicyclic) bond motifs is 1. The molecule has 0 radical (unpaired) electrons. The summed E-state index contributed by atoms with van der Waals surface area (Å²) >= 11 is 6.06. The number of rotatable bonds is 10. The number of nitrogens with two attached hydrogens (primary N) is 1. The second-order valence-electron chi connectivity index (χ2n) is 6.47. The minimum atomic E-state index is -3.55. The van der Waals surface area contributed by atoms with Crippen molar-refractivity contribution in [2.75, 3.05) is 19.7 Å². The lowest BCUT2D eigenvalue weighted by molar-refractivity contribution is 0.313. The van der Waals surface area contributed by atoms with Gasteiger partial charge in [0.05, 0.1) is 11.5 Å². The molecule has 1 heterocycles. The van der Waals surface area contributed by atoms with Crippen LogP contribution in [0, 0.1) is 0 Å². The molecule has 0 spiro atoms. The Balaban J connectivity index is 1.52. The van der Waals surface area contributed by atoms with Gasteiger partial charge in [0.15, 0.2) is 0 Å². The van der Waals surface area contributed by atoms with Crippen LogP contribution in [0.4, 0.5) is 0 Å². The van der Waals surface area contributed by atoms with Gasteiger partial charge in [-0.1, -0.05) is 11.6 Å². The average molecular weight is 422 g/mol. The van der Waals surface area contributed by atoms with Crippen molar-refractivity contribution < 1.29 is 13.2 Å². The zero-order valence-corrected chi connectivity index (χ0v) is 17.0. The SMILES string of the molecule is NCCCOc1ccc(S(=O)(=O)NCCCc2c[nH]c3ccc(Cl)cc23)cc1. The highest BCUT2D eigenvalue weighted by molar-refractivity contribution is 7.89. The summed E-state index contributed by atoms with van der Waals surface area (Å²) in [5.74, 6) is 0.630.